The lowest BCUT2D eigenvalue weighted by molar-refractivity contribution is -0.176. The van der Waals surface area contributed by atoms with Gasteiger partial charge in [0.25, 0.3) is 5.91 Å². The highest BCUT2D eigenvalue weighted by atomic mass is 16.7. The Morgan fingerprint density at radius 3 is 2.48 bits per heavy atom. The molecule has 0 aromatic heterocycles. The average molecular weight is 427 g/mol. The first-order valence-electron chi connectivity index (χ1n) is 10.3. The first-order valence-corrected chi connectivity index (χ1v) is 10.3. The summed E-state index contributed by atoms with van der Waals surface area (Å²) in [7, 11) is 3.01. The minimum atomic E-state index is -0.696. The maximum Gasteiger partial charge on any atom is 0.310 e. The van der Waals surface area contributed by atoms with Crippen LogP contribution in [0.25, 0.3) is 0 Å². The lowest BCUT2D eigenvalue weighted by Crippen LogP contribution is -2.49. The molecule has 0 bridgehead atoms. The SMILES string of the molecule is CON(C)C(=O)[C@H]1CN(Cc2ccccc2)c2cc(CC(=O)OC(C)(C)C)ccc2O1. The van der Waals surface area contributed by atoms with Gasteiger partial charge >= 0.3 is 5.97 Å². The molecular formula is C24H30N2O5. The maximum atomic E-state index is 12.7. The van der Waals surface area contributed by atoms with Crippen molar-refractivity contribution in [3.8, 4) is 5.75 Å². The number of nitrogens with zero attached hydrogens (tertiary/aromatic N) is 2. The van der Waals surface area contributed by atoms with E-state index >= 15 is 0 Å². The highest BCUT2D eigenvalue weighted by molar-refractivity contribution is 5.82. The van der Waals surface area contributed by atoms with Crippen molar-refractivity contribution < 1.29 is 23.9 Å². The van der Waals surface area contributed by atoms with Crippen LogP contribution in [0.5, 0.6) is 5.75 Å². The molecule has 7 nitrogen and oxygen atoms in total. The molecule has 31 heavy (non-hydrogen) atoms. The van der Waals surface area contributed by atoms with Crippen LogP contribution >= 0.6 is 0 Å². The third-order valence-corrected chi connectivity index (χ3v) is 4.86. The van der Waals surface area contributed by atoms with Crippen molar-refractivity contribution in [3.63, 3.8) is 0 Å². The van der Waals surface area contributed by atoms with Gasteiger partial charge in [-0.05, 0) is 44.0 Å². The van der Waals surface area contributed by atoms with Gasteiger partial charge in [-0.2, -0.15) is 0 Å². The number of likely N-dealkylation sites (N-methyl/N-ethyl adjacent to an activating group) is 1. The number of esters is 1. The molecule has 1 aliphatic rings. The van der Waals surface area contributed by atoms with Crippen LogP contribution in [0, 0.1) is 0 Å². The van der Waals surface area contributed by atoms with Crippen molar-refractivity contribution in [2.45, 2.75) is 45.4 Å². The largest absolute Gasteiger partial charge is 0.476 e. The molecule has 0 aliphatic carbocycles. The van der Waals surface area contributed by atoms with E-state index in [1.165, 1.54) is 12.2 Å². The molecule has 0 spiro atoms. The number of benzene rings is 2. The van der Waals surface area contributed by atoms with Crippen LogP contribution in [0.1, 0.15) is 31.9 Å². The van der Waals surface area contributed by atoms with Gasteiger partial charge in [-0.25, -0.2) is 5.06 Å². The van der Waals surface area contributed by atoms with Crippen LogP contribution in [0.3, 0.4) is 0 Å². The summed E-state index contributed by atoms with van der Waals surface area (Å²) in [6, 6.07) is 15.6. The molecule has 0 unspecified atom stereocenters. The molecule has 1 aliphatic heterocycles. The van der Waals surface area contributed by atoms with Crippen molar-refractivity contribution in [1.82, 2.24) is 5.06 Å². The van der Waals surface area contributed by atoms with Crippen LogP contribution in [-0.4, -0.2) is 49.3 Å². The molecule has 1 atom stereocenters. The molecule has 2 aromatic carbocycles. The fourth-order valence-corrected chi connectivity index (χ4v) is 3.43. The van der Waals surface area contributed by atoms with Gasteiger partial charge in [0.1, 0.15) is 11.4 Å². The van der Waals surface area contributed by atoms with E-state index in [1.807, 2.05) is 63.2 Å². The summed E-state index contributed by atoms with van der Waals surface area (Å²) >= 11 is 0. The second-order valence-electron chi connectivity index (χ2n) is 8.56. The number of carbonyl (C=O) groups is 2. The predicted molar refractivity (Wildman–Crippen MR) is 118 cm³/mol. The number of hydrogen-bond donors (Lipinski definition) is 0. The molecule has 1 amide bonds. The number of amides is 1. The zero-order valence-electron chi connectivity index (χ0n) is 18.8. The fourth-order valence-electron chi connectivity index (χ4n) is 3.43. The summed E-state index contributed by atoms with van der Waals surface area (Å²) in [5.41, 5.74) is 2.25. The number of hydrogen-bond acceptors (Lipinski definition) is 6. The number of hydroxylamine groups is 2. The molecule has 0 N–H and O–H groups in total. The molecule has 7 heteroatoms. The summed E-state index contributed by atoms with van der Waals surface area (Å²) in [6.45, 7) is 6.52. The summed E-state index contributed by atoms with van der Waals surface area (Å²) in [5.74, 6) is 0.0515. The number of rotatable bonds is 6. The smallest absolute Gasteiger partial charge is 0.310 e. The predicted octanol–water partition coefficient (Wildman–Crippen LogP) is 3.36. The van der Waals surface area contributed by atoms with Gasteiger partial charge in [-0.15, -0.1) is 0 Å². The number of fused-ring (bicyclic) bond motifs is 1. The summed E-state index contributed by atoms with van der Waals surface area (Å²) in [6.07, 6.45) is -0.531. The highest BCUT2D eigenvalue weighted by Crippen LogP contribution is 2.36. The molecule has 0 fully saturated rings. The Morgan fingerprint density at radius 1 is 1.13 bits per heavy atom. The van der Waals surface area contributed by atoms with Gasteiger partial charge < -0.3 is 14.4 Å². The fraction of sp³-hybridized carbons (Fsp3) is 0.417. The van der Waals surface area contributed by atoms with Gasteiger partial charge in [0.2, 0.25) is 0 Å². The molecule has 1 heterocycles. The van der Waals surface area contributed by atoms with Crippen molar-refractivity contribution in [1.29, 1.82) is 0 Å². The normalized spacial score (nSPS) is 15.6. The van der Waals surface area contributed by atoms with Gasteiger partial charge in [0.05, 0.1) is 25.8 Å². The first kappa shape index (κ1) is 22.6. The second-order valence-corrected chi connectivity index (χ2v) is 8.56. The van der Waals surface area contributed by atoms with E-state index in [4.69, 9.17) is 14.3 Å². The van der Waals surface area contributed by atoms with E-state index in [1.54, 1.807) is 13.1 Å². The van der Waals surface area contributed by atoms with Gasteiger partial charge in [-0.1, -0.05) is 36.4 Å². The van der Waals surface area contributed by atoms with Crippen molar-refractivity contribution in [2.75, 3.05) is 25.6 Å². The van der Waals surface area contributed by atoms with E-state index in [9.17, 15) is 9.59 Å². The quantitative estimate of drug-likeness (QED) is 0.521. The van der Waals surface area contributed by atoms with E-state index in [0.29, 0.717) is 18.8 Å². The van der Waals surface area contributed by atoms with Crippen molar-refractivity contribution in [2.24, 2.45) is 0 Å². The summed E-state index contributed by atoms with van der Waals surface area (Å²) in [4.78, 5) is 32.1. The zero-order valence-corrected chi connectivity index (χ0v) is 18.8. The Labute approximate surface area is 183 Å². The molecule has 0 radical (unpaired) electrons. The lowest BCUT2D eigenvalue weighted by Gasteiger charge is -2.37. The van der Waals surface area contributed by atoms with Gasteiger partial charge in [0.15, 0.2) is 6.10 Å². The molecule has 0 saturated heterocycles. The Balaban J connectivity index is 1.87. The van der Waals surface area contributed by atoms with E-state index in [0.717, 1.165) is 16.8 Å². The molecule has 3 rings (SSSR count). The zero-order chi connectivity index (χ0) is 22.6. The first-order chi connectivity index (χ1) is 14.7. The minimum Gasteiger partial charge on any atom is -0.476 e. The third kappa shape index (κ3) is 5.98. The third-order valence-electron chi connectivity index (χ3n) is 4.86. The topological polar surface area (TPSA) is 68.3 Å². The van der Waals surface area contributed by atoms with Crippen LogP contribution < -0.4 is 9.64 Å². The Hall–Kier alpha value is -3.06. The van der Waals surface area contributed by atoms with Crippen molar-refractivity contribution >= 4 is 17.6 Å². The Kier molecular flexibility index (Phi) is 6.85. The van der Waals surface area contributed by atoms with Crippen LogP contribution in [0.15, 0.2) is 48.5 Å². The summed E-state index contributed by atoms with van der Waals surface area (Å²) < 4.78 is 11.4. The number of anilines is 1. The molecule has 0 saturated carbocycles. The van der Waals surface area contributed by atoms with Gasteiger partial charge in [-0.3, -0.25) is 14.4 Å². The van der Waals surface area contributed by atoms with Crippen LogP contribution in [-0.2, 0) is 32.1 Å². The lowest BCUT2D eigenvalue weighted by atomic mass is 10.1. The number of carbonyl (C=O) groups excluding carboxylic acids is 2. The summed E-state index contributed by atoms with van der Waals surface area (Å²) in [5, 5.41) is 1.17. The highest BCUT2D eigenvalue weighted by Gasteiger charge is 2.33. The van der Waals surface area contributed by atoms with E-state index < -0.39 is 11.7 Å². The molecular weight excluding hydrogens is 396 g/mol. The average Bonchev–Trinajstić information content (AvgIpc) is 2.72. The van der Waals surface area contributed by atoms with E-state index in [-0.39, 0.29) is 18.3 Å². The maximum absolute atomic E-state index is 12.7. The monoisotopic (exact) mass is 426 g/mol. The number of ether oxygens (including phenoxy) is 2. The molecule has 166 valence electrons. The van der Waals surface area contributed by atoms with Crippen LogP contribution in [0.4, 0.5) is 5.69 Å². The van der Waals surface area contributed by atoms with E-state index in [2.05, 4.69) is 4.90 Å². The van der Waals surface area contributed by atoms with Crippen molar-refractivity contribution in [3.05, 3.63) is 59.7 Å². The second kappa shape index (κ2) is 9.39. The molecule has 2 aromatic rings. The Morgan fingerprint density at radius 2 is 1.84 bits per heavy atom. The Bertz CT molecular complexity index is 923. The van der Waals surface area contributed by atoms with Gasteiger partial charge in [0, 0.05) is 13.6 Å². The van der Waals surface area contributed by atoms with Crippen LogP contribution in [0.2, 0.25) is 0 Å². The standard InChI is InChI=1S/C24H30N2O5/c1-24(2,3)31-22(27)14-18-11-12-20-19(13-18)26(15-17-9-7-6-8-10-17)16-21(30-20)23(28)25(4)29-5/h6-13,21H,14-16H2,1-5H3/t21-/m1/s1. The minimum absolute atomic E-state index is 0.165.